The van der Waals surface area contributed by atoms with Crippen LogP contribution in [0.2, 0.25) is 0 Å². The Balaban J connectivity index is 0.900. The van der Waals surface area contributed by atoms with Crippen LogP contribution in [0.4, 0.5) is 0 Å². The van der Waals surface area contributed by atoms with Crippen molar-refractivity contribution in [2.24, 2.45) is 61.6 Å². The summed E-state index contributed by atoms with van der Waals surface area (Å²) in [6.07, 6.45) is 30.2. The minimum absolute atomic E-state index is 0.0873. The number of aliphatic hydroxyl groups excluding tert-OH is 2. The van der Waals surface area contributed by atoms with Crippen molar-refractivity contribution in [1.82, 2.24) is 14.5 Å². The Bertz CT molecular complexity index is 3260. The highest BCUT2D eigenvalue weighted by atomic mass is 16.6. The van der Waals surface area contributed by atoms with Crippen molar-refractivity contribution in [2.75, 3.05) is 13.2 Å². The van der Waals surface area contributed by atoms with Crippen LogP contribution in [0.25, 0.3) is 11.0 Å². The maximum Gasteiger partial charge on any atom is 0.160 e. The number of nitrogens with one attached hydrogen (secondary N) is 2. The van der Waals surface area contributed by atoms with Gasteiger partial charge in [0.2, 0.25) is 0 Å². The highest BCUT2D eigenvalue weighted by Crippen LogP contribution is 2.88. The molecule has 2 saturated heterocycles. The van der Waals surface area contributed by atoms with E-state index in [4.69, 9.17) is 9.47 Å². The van der Waals surface area contributed by atoms with Crippen LogP contribution in [-0.2, 0) is 38.4 Å². The van der Waals surface area contributed by atoms with Gasteiger partial charge in [0.05, 0.1) is 34.8 Å². The first-order valence-corrected chi connectivity index (χ1v) is 33.7. The van der Waals surface area contributed by atoms with E-state index in [1.165, 1.54) is 113 Å². The van der Waals surface area contributed by atoms with Crippen LogP contribution in [-0.4, -0.2) is 73.4 Å². The summed E-state index contributed by atoms with van der Waals surface area (Å²) < 4.78 is 14.7. The van der Waals surface area contributed by atoms with E-state index in [0.717, 1.165) is 95.8 Å². The first-order valence-electron chi connectivity index (χ1n) is 33.7. The predicted octanol–water partition coefficient (Wildman–Crippen LogP) is 15.0. The van der Waals surface area contributed by atoms with Crippen molar-refractivity contribution in [3.63, 3.8) is 0 Å². The summed E-state index contributed by atoms with van der Waals surface area (Å²) in [7, 11) is 0. The molecule has 2 spiro atoms. The number of aliphatic hydroxyl groups is 2. The third-order valence-electron chi connectivity index (χ3n) is 28.3. The average Bonchev–Trinajstić information content (AvgIpc) is 1.08. The molecule has 9 heteroatoms. The van der Waals surface area contributed by atoms with Crippen LogP contribution in [0.3, 0.4) is 0 Å². The van der Waals surface area contributed by atoms with Gasteiger partial charge in [0.1, 0.15) is 11.9 Å². The number of ether oxygens (including phenoxy) is 2. The van der Waals surface area contributed by atoms with Crippen molar-refractivity contribution >= 4 is 22.6 Å². The van der Waals surface area contributed by atoms with Crippen LogP contribution in [0.15, 0.2) is 54.0 Å². The number of allylic oxidation sites excluding steroid dienone is 1. The number of rotatable bonds is 8. The van der Waals surface area contributed by atoms with Crippen LogP contribution in [0.5, 0.6) is 0 Å². The standard InChI is InChI=1S/C73H97N3O6/c1-66(2)64(82-66)54(78)36-67(3)26-19-46-38-75-59-49(33-42-31-47(43-15-9-8-10-16-43)34-48(32-42)44-22-29-81-30-23-44)39-76(60(46)59)40-52-55-57(67)53(77)37-68(55,4)69(5)41-72(24-13-14-25-72)65-70(6,50-17-11-12-18-50)63(80)56-51-21-28-74-58(51)45-20-27-73(56,35-45)71(65,7)62(69)61(52)79/h21,28,31-32,34,38-39,43-45,50,52,54,56,61-62,64-65,74-75,78-79H,8-20,22-27,29-30,33,35-37,40-41H2,1-7H3. The summed E-state index contributed by atoms with van der Waals surface area (Å²) in [5, 5.41) is 27.4. The van der Waals surface area contributed by atoms with Gasteiger partial charge in [-0.2, -0.15) is 0 Å². The van der Waals surface area contributed by atoms with Gasteiger partial charge >= 0.3 is 0 Å². The summed E-state index contributed by atoms with van der Waals surface area (Å²) >= 11 is 0. The molecule has 2 bridgehead atoms. The lowest BCUT2D eigenvalue weighted by Gasteiger charge is -2.80. The average molecular weight is 1110 g/mol. The molecule has 0 amide bonds. The molecule has 4 aromatic rings. The normalized spacial score (nSPS) is 41.6. The molecule has 440 valence electrons. The van der Waals surface area contributed by atoms with E-state index in [2.05, 4.69) is 106 Å². The monoisotopic (exact) mass is 1110 g/mol. The maximum atomic E-state index is 16.8. The first-order chi connectivity index (χ1) is 39.3. The lowest BCUT2D eigenvalue weighted by molar-refractivity contribution is -0.308. The van der Waals surface area contributed by atoms with E-state index in [1.54, 1.807) is 0 Å². The minimum Gasteiger partial charge on any atom is -0.392 e. The molecule has 6 heterocycles. The summed E-state index contributed by atoms with van der Waals surface area (Å²) in [5.74, 6) is 2.02. The number of carbonyl (C=O) groups excluding carboxylic acids is 2. The van der Waals surface area contributed by atoms with Gasteiger partial charge < -0.3 is 34.2 Å². The van der Waals surface area contributed by atoms with Crippen molar-refractivity contribution < 1.29 is 29.3 Å². The zero-order valence-corrected chi connectivity index (χ0v) is 51.0. The molecule has 3 aliphatic heterocycles. The Morgan fingerprint density at radius 3 is 2.23 bits per heavy atom. The molecular weight excluding hydrogens is 1010 g/mol. The number of Topliss-reactive ketones (excluding diaryl/α,β-unsaturated/α-hetero) is 2. The molecule has 4 N–H and O–H groups in total. The number of aryl methyl sites for hydroxylation is 1. The van der Waals surface area contributed by atoms with E-state index in [1.807, 2.05) is 0 Å². The SMILES string of the molecule is CC1(CC(O)C2OC2(C)C)CCc2c[nH]c3c(Cc4cc(C5CCCCC5)cc(C5CCOCC5)c4)cn(c23)CC2C3=C1C(=O)CC3(C)C1(C)CC3(CCCC3)C3C(C)(C4CCCC4)C(=O)C4c5cc[nH]c5C5CCC4(C5)C3(C)C1C2O. The number of hydrogen-bond acceptors (Lipinski definition) is 6. The molecule has 12 aliphatic rings. The quantitative estimate of drug-likeness (QED) is 0.130. The maximum absolute atomic E-state index is 16.8. The molecule has 14 unspecified atom stereocenters. The third kappa shape index (κ3) is 7.06. The summed E-state index contributed by atoms with van der Waals surface area (Å²) in [5.41, 5.74) is 10.7. The second kappa shape index (κ2) is 18.2. The number of ketones is 2. The summed E-state index contributed by atoms with van der Waals surface area (Å²) in [4.78, 5) is 40.7. The highest BCUT2D eigenvalue weighted by Gasteiger charge is 2.84. The van der Waals surface area contributed by atoms with E-state index in [9.17, 15) is 5.11 Å². The molecular formula is C73H97N3O6. The van der Waals surface area contributed by atoms with E-state index < -0.39 is 44.9 Å². The van der Waals surface area contributed by atoms with Crippen LogP contribution >= 0.6 is 0 Å². The van der Waals surface area contributed by atoms with Gasteiger partial charge in [-0.3, -0.25) is 9.59 Å². The zero-order valence-electron chi connectivity index (χ0n) is 51.0. The zero-order chi connectivity index (χ0) is 56.3. The van der Waals surface area contributed by atoms with Crippen molar-refractivity contribution in [2.45, 2.75) is 257 Å². The lowest BCUT2D eigenvalue weighted by atomic mass is 9.23. The van der Waals surface area contributed by atoms with Gasteiger partial charge in [0.15, 0.2) is 5.78 Å². The van der Waals surface area contributed by atoms with Crippen molar-refractivity contribution in [3.8, 4) is 0 Å². The number of aromatic amines is 2. The fourth-order valence-electron chi connectivity index (χ4n) is 25.1. The van der Waals surface area contributed by atoms with Gasteiger partial charge in [0, 0.05) is 79.2 Å². The van der Waals surface area contributed by atoms with Crippen molar-refractivity contribution in [1.29, 1.82) is 0 Å². The number of carbonyl (C=O) groups is 2. The molecule has 9 aliphatic carbocycles. The van der Waals surface area contributed by atoms with Crippen LogP contribution < -0.4 is 0 Å². The summed E-state index contributed by atoms with van der Waals surface area (Å²) in [6.45, 7) is 19.1. The van der Waals surface area contributed by atoms with E-state index in [-0.39, 0.29) is 46.4 Å². The Hall–Kier alpha value is -3.76. The number of benzene rings is 1. The van der Waals surface area contributed by atoms with E-state index >= 15 is 14.7 Å². The minimum atomic E-state index is -0.764. The second-order valence-electron chi connectivity index (χ2n) is 32.4. The molecule has 3 aromatic heterocycles. The van der Waals surface area contributed by atoms with Crippen LogP contribution in [0.1, 0.15) is 252 Å². The van der Waals surface area contributed by atoms with Gasteiger partial charge in [-0.1, -0.05) is 97.8 Å². The Labute approximate surface area is 488 Å². The fraction of sp³-hybridized carbons (Fsp3) is 0.726. The first kappa shape index (κ1) is 53.7. The molecule has 0 radical (unpaired) electrons. The number of fused-ring (bicyclic) bond motifs is 9. The molecule has 9 fully saturated rings. The number of epoxide rings is 1. The molecule has 14 atom stereocenters. The highest BCUT2D eigenvalue weighted by molar-refractivity contribution is 6.02. The van der Waals surface area contributed by atoms with E-state index in [0.29, 0.717) is 55.3 Å². The van der Waals surface area contributed by atoms with Gasteiger partial charge in [-0.15, -0.1) is 0 Å². The molecule has 82 heavy (non-hydrogen) atoms. The predicted molar refractivity (Wildman–Crippen MR) is 321 cm³/mol. The van der Waals surface area contributed by atoms with Crippen LogP contribution in [0, 0.1) is 61.6 Å². The fourth-order valence-corrected chi connectivity index (χ4v) is 25.1. The lowest BCUT2D eigenvalue weighted by Crippen LogP contribution is -2.78. The summed E-state index contributed by atoms with van der Waals surface area (Å²) in [6, 6.07) is 9.99. The second-order valence-corrected chi connectivity index (χ2v) is 32.4. The molecule has 7 saturated carbocycles. The largest absolute Gasteiger partial charge is 0.392 e. The number of H-pyrrole nitrogens is 2. The van der Waals surface area contributed by atoms with Gasteiger partial charge in [0.25, 0.3) is 0 Å². The van der Waals surface area contributed by atoms with Gasteiger partial charge in [-0.05, 0) is 218 Å². The Morgan fingerprint density at radius 2 is 1.51 bits per heavy atom. The Morgan fingerprint density at radius 1 is 0.805 bits per heavy atom. The molecule has 16 rings (SSSR count). The topological polar surface area (TPSA) is 133 Å². The molecule has 9 nitrogen and oxygen atoms in total. The number of aromatic nitrogens is 3. The molecule has 1 aromatic carbocycles. The third-order valence-corrected chi connectivity index (χ3v) is 28.3. The number of nitrogens with zero attached hydrogens (tertiary/aromatic N) is 1. The van der Waals surface area contributed by atoms with Crippen molar-refractivity contribution in [3.05, 3.63) is 93.1 Å². The smallest absolute Gasteiger partial charge is 0.160 e. The Kier molecular flexibility index (Phi) is 11.9. The number of hydrogen-bond donors (Lipinski definition) is 4. The van der Waals surface area contributed by atoms with Gasteiger partial charge in [-0.25, -0.2) is 0 Å².